The Bertz CT molecular complexity index is 347. The number of nitrogens with two attached hydrogens (primary N) is 1. The highest BCUT2D eigenvalue weighted by molar-refractivity contribution is 6.28. The van der Waals surface area contributed by atoms with Crippen LogP contribution in [0.1, 0.15) is 11.8 Å². The highest BCUT2D eigenvalue weighted by atomic mass is 35.5. The molecule has 8 heteroatoms. The van der Waals surface area contributed by atoms with Crippen LogP contribution in [-0.4, -0.2) is 12.1 Å². The molecule has 0 saturated carbocycles. The second-order valence-corrected chi connectivity index (χ2v) is 3.11. The zero-order chi connectivity index (χ0) is 11.9. The Hall–Kier alpha value is -0.820. The molecule has 2 nitrogen and oxygen atoms in total. The molecule has 0 saturated heterocycles. The van der Waals surface area contributed by atoms with Crippen LogP contribution in [0.4, 0.5) is 22.0 Å². The number of hydrogen-bond donors (Lipinski definition) is 1. The molecule has 0 aliphatic rings. The lowest BCUT2D eigenvalue weighted by atomic mass is 10.1. The van der Waals surface area contributed by atoms with Crippen molar-refractivity contribution < 1.29 is 26.4 Å². The minimum Gasteiger partial charge on any atom is -0.448 e. The van der Waals surface area contributed by atoms with Gasteiger partial charge in [0.25, 0.3) is 0 Å². The van der Waals surface area contributed by atoms with Gasteiger partial charge in [0.2, 0.25) is 0 Å². The van der Waals surface area contributed by atoms with Gasteiger partial charge in [-0.25, -0.2) is 0 Å². The van der Waals surface area contributed by atoms with Crippen molar-refractivity contribution >= 4 is 11.6 Å². The van der Waals surface area contributed by atoms with E-state index in [4.69, 9.17) is 17.3 Å². The summed E-state index contributed by atoms with van der Waals surface area (Å²) in [4.78, 5) is 0. The van der Waals surface area contributed by atoms with E-state index in [1.165, 1.54) is 0 Å². The monoisotopic (exact) mass is 249 g/mol. The van der Waals surface area contributed by atoms with E-state index in [-0.39, 0.29) is 5.22 Å². The quantitative estimate of drug-likeness (QED) is 0.818. The number of furan rings is 1. The molecule has 0 aliphatic carbocycles. The van der Waals surface area contributed by atoms with Crippen LogP contribution in [0.15, 0.2) is 16.5 Å². The predicted octanol–water partition coefficient (Wildman–Crippen LogP) is 3.13. The molecule has 0 bridgehead atoms. The van der Waals surface area contributed by atoms with Crippen LogP contribution in [0, 0.1) is 0 Å². The smallest absolute Gasteiger partial charge is 0.448 e. The van der Waals surface area contributed by atoms with Crippen LogP contribution in [0.3, 0.4) is 0 Å². The highest BCUT2D eigenvalue weighted by Gasteiger charge is 2.62. The molecule has 1 atom stereocenters. The third-order valence-electron chi connectivity index (χ3n) is 1.67. The zero-order valence-electron chi connectivity index (χ0n) is 6.99. The first-order valence-corrected chi connectivity index (χ1v) is 3.99. The van der Waals surface area contributed by atoms with Gasteiger partial charge in [-0.1, -0.05) is 0 Å². The summed E-state index contributed by atoms with van der Waals surface area (Å²) in [6.45, 7) is 0. The van der Waals surface area contributed by atoms with Crippen molar-refractivity contribution in [3.8, 4) is 0 Å². The molecule has 2 N–H and O–H groups in total. The molecule has 0 aromatic carbocycles. The first-order valence-electron chi connectivity index (χ1n) is 3.61. The lowest BCUT2D eigenvalue weighted by Gasteiger charge is -2.23. The Morgan fingerprint density at radius 3 is 2.07 bits per heavy atom. The van der Waals surface area contributed by atoms with Gasteiger partial charge in [0.05, 0.1) is 0 Å². The molecule has 15 heavy (non-hydrogen) atoms. The fourth-order valence-corrected chi connectivity index (χ4v) is 1.00. The molecular weight excluding hydrogens is 245 g/mol. The molecule has 86 valence electrons. The van der Waals surface area contributed by atoms with E-state index < -0.39 is 23.9 Å². The molecule has 1 heterocycles. The number of alkyl halides is 5. The fourth-order valence-electron chi connectivity index (χ4n) is 0.850. The van der Waals surface area contributed by atoms with Crippen molar-refractivity contribution in [1.82, 2.24) is 0 Å². The first-order chi connectivity index (χ1) is 6.66. The van der Waals surface area contributed by atoms with Crippen LogP contribution >= 0.6 is 11.6 Å². The minimum absolute atomic E-state index is 0.307. The van der Waals surface area contributed by atoms with Crippen LogP contribution < -0.4 is 5.73 Å². The SMILES string of the molecule is N[C@@H](c1ccc(Cl)o1)C(F)(F)C(F)(F)F. The summed E-state index contributed by atoms with van der Waals surface area (Å²) in [5.74, 6) is -5.78. The molecule has 0 aliphatic heterocycles. The van der Waals surface area contributed by atoms with Crippen molar-refractivity contribution in [2.45, 2.75) is 18.1 Å². The van der Waals surface area contributed by atoms with Crippen molar-refractivity contribution in [1.29, 1.82) is 0 Å². The molecule has 0 spiro atoms. The van der Waals surface area contributed by atoms with Crippen LogP contribution in [0.2, 0.25) is 5.22 Å². The second-order valence-electron chi connectivity index (χ2n) is 2.74. The summed E-state index contributed by atoms with van der Waals surface area (Å²) in [6.07, 6.45) is -5.73. The molecule has 0 fully saturated rings. The van der Waals surface area contributed by atoms with Crippen molar-refractivity contribution in [2.75, 3.05) is 0 Å². The van der Waals surface area contributed by atoms with Gasteiger partial charge in [-0.05, 0) is 23.7 Å². The molecule has 1 rings (SSSR count). The van der Waals surface area contributed by atoms with E-state index in [2.05, 4.69) is 4.42 Å². The molecule has 0 amide bonds. The van der Waals surface area contributed by atoms with Gasteiger partial charge in [-0.15, -0.1) is 0 Å². The minimum atomic E-state index is -5.73. The van der Waals surface area contributed by atoms with E-state index in [1.807, 2.05) is 0 Å². The maximum Gasteiger partial charge on any atom is 0.455 e. The van der Waals surface area contributed by atoms with Gasteiger partial charge >= 0.3 is 12.1 Å². The van der Waals surface area contributed by atoms with Gasteiger partial charge in [-0.2, -0.15) is 22.0 Å². The van der Waals surface area contributed by atoms with Crippen LogP contribution in [-0.2, 0) is 0 Å². The van der Waals surface area contributed by atoms with Crippen LogP contribution in [0.25, 0.3) is 0 Å². The number of hydrogen-bond acceptors (Lipinski definition) is 2. The Labute approximate surface area is 85.8 Å². The summed E-state index contributed by atoms with van der Waals surface area (Å²) in [7, 11) is 0. The van der Waals surface area contributed by atoms with Gasteiger partial charge in [-0.3, -0.25) is 0 Å². The molecular formula is C7H5ClF5NO. The van der Waals surface area contributed by atoms with E-state index >= 15 is 0 Å². The van der Waals surface area contributed by atoms with Crippen molar-refractivity contribution in [3.05, 3.63) is 23.1 Å². The fraction of sp³-hybridized carbons (Fsp3) is 0.429. The lowest BCUT2D eigenvalue weighted by Crippen LogP contribution is -2.45. The maximum atomic E-state index is 12.7. The first kappa shape index (κ1) is 12.3. The molecule has 0 radical (unpaired) electrons. The third kappa shape index (κ3) is 2.23. The largest absolute Gasteiger partial charge is 0.455 e. The Morgan fingerprint density at radius 1 is 1.20 bits per heavy atom. The summed E-state index contributed by atoms with van der Waals surface area (Å²) < 4.78 is 65.3. The average Bonchev–Trinajstić information content (AvgIpc) is 2.48. The Kier molecular flexibility index (Phi) is 2.97. The highest BCUT2D eigenvalue weighted by Crippen LogP contribution is 2.43. The molecule has 1 aromatic heterocycles. The predicted molar refractivity (Wildman–Crippen MR) is 41.6 cm³/mol. The second kappa shape index (κ2) is 3.64. The third-order valence-corrected chi connectivity index (χ3v) is 1.87. The lowest BCUT2D eigenvalue weighted by molar-refractivity contribution is -0.292. The van der Waals surface area contributed by atoms with E-state index in [0.29, 0.717) is 0 Å². The van der Waals surface area contributed by atoms with Crippen molar-refractivity contribution in [3.63, 3.8) is 0 Å². The van der Waals surface area contributed by atoms with E-state index in [9.17, 15) is 22.0 Å². The van der Waals surface area contributed by atoms with Gasteiger partial charge in [0.1, 0.15) is 11.8 Å². The standard InChI is InChI=1S/C7H5ClF5NO/c8-4-2-1-3(15-4)5(14)6(9,10)7(11,12)13/h1-2,5H,14H2/t5-/m0/s1. The van der Waals surface area contributed by atoms with Crippen molar-refractivity contribution in [2.24, 2.45) is 5.73 Å². The summed E-state index contributed by atoms with van der Waals surface area (Å²) in [5.41, 5.74) is 4.75. The van der Waals surface area contributed by atoms with Gasteiger partial charge in [0, 0.05) is 0 Å². The zero-order valence-corrected chi connectivity index (χ0v) is 7.74. The topological polar surface area (TPSA) is 39.2 Å². The van der Waals surface area contributed by atoms with Crippen LogP contribution in [0.5, 0.6) is 0 Å². The summed E-state index contributed by atoms with van der Waals surface area (Å²) in [5, 5.41) is -0.307. The molecule has 0 unspecified atom stereocenters. The number of rotatable bonds is 2. The average molecular weight is 250 g/mol. The van der Waals surface area contributed by atoms with E-state index in [1.54, 1.807) is 0 Å². The van der Waals surface area contributed by atoms with Gasteiger partial charge in [0.15, 0.2) is 5.22 Å². The normalized spacial score (nSPS) is 15.4. The summed E-state index contributed by atoms with van der Waals surface area (Å²) in [6, 6.07) is -0.708. The summed E-state index contributed by atoms with van der Waals surface area (Å²) >= 11 is 5.22. The molecule has 1 aromatic rings. The van der Waals surface area contributed by atoms with E-state index in [0.717, 1.165) is 12.1 Å². The maximum absolute atomic E-state index is 12.7. The Balaban J connectivity index is 2.99. The number of halogens is 6. The van der Waals surface area contributed by atoms with Gasteiger partial charge < -0.3 is 10.2 Å². The Morgan fingerprint density at radius 2 is 1.73 bits per heavy atom.